The van der Waals surface area contributed by atoms with Crippen LogP contribution in [0.15, 0.2) is 0 Å². The van der Waals surface area contributed by atoms with Crippen molar-refractivity contribution < 1.29 is 13.2 Å². The molecule has 1 unspecified atom stereocenters. The molecule has 4 nitrogen and oxygen atoms in total. The van der Waals surface area contributed by atoms with Crippen LogP contribution in [0.2, 0.25) is 0 Å². The number of ether oxygens (including phenoxy) is 1. The molecule has 0 radical (unpaired) electrons. The van der Waals surface area contributed by atoms with E-state index < -0.39 is 9.84 Å². The quantitative estimate of drug-likeness (QED) is 0.753. The monoisotopic (exact) mass is 263 g/mol. The molecule has 1 saturated carbocycles. The van der Waals surface area contributed by atoms with Gasteiger partial charge >= 0.3 is 0 Å². The number of hydrogen-bond donors (Lipinski definition) is 1. The molecule has 1 atom stereocenters. The predicted molar refractivity (Wildman–Crippen MR) is 70.0 cm³/mol. The van der Waals surface area contributed by atoms with Crippen molar-refractivity contribution in [1.29, 1.82) is 0 Å². The average molecular weight is 263 g/mol. The van der Waals surface area contributed by atoms with Gasteiger partial charge in [-0.15, -0.1) is 0 Å². The molecule has 5 heteroatoms. The summed E-state index contributed by atoms with van der Waals surface area (Å²) in [4.78, 5) is 0. The van der Waals surface area contributed by atoms with Gasteiger partial charge in [0.25, 0.3) is 0 Å². The third kappa shape index (κ3) is 5.36. The molecule has 0 aromatic carbocycles. The molecule has 102 valence electrons. The zero-order chi connectivity index (χ0) is 12.7. The van der Waals surface area contributed by atoms with E-state index in [-0.39, 0.29) is 17.0 Å². The van der Waals surface area contributed by atoms with Crippen LogP contribution in [0.3, 0.4) is 0 Å². The number of sulfone groups is 1. The summed E-state index contributed by atoms with van der Waals surface area (Å²) in [5.74, 6) is 0.256. The molecule has 0 aliphatic heterocycles. The summed E-state index contributed by atoms with van der Waals surface area (Å²) in [6.07, 6.45) is 5.04. The zero-order valence-corrected chi connectivity index (χ0v) is 11.8. The minimum absolute atomic E-state index is 0.0872. The lowest BCUT2D eigenvalue weighted by Gasteiger charge is -2.22. The summed E-state index contributed by atoms with van der Waals surface area (Å²) >= 11 is 0. The van der Waals surface area contributed by atoms with Crippen molar-refractivity contribution in [3.63, 3.8) is 0 Å². The van der Waals surface area contributed by atoms with Crippen LogP contribution in [0, 0.1) is 0 Å². The van der Waals surface area contributed by atoms with Gasteiger partial charge in [-0.05, 0) is 19.8 Å². The van der Waals surface area contributed by atoms with E-state index in [2.05, 4.69) is 5.32 Å². The summed E-state index contributed by atoms with van der Waals surface area (Å²) in [6, 6.07) is 0.210. The molecule has 0 aromatic rings. The van der Waals surface area contributed by atoms with Crippen LogP contribution < -0.4 is 5.32 Å². The lowest BCUT2D eigenvalue weighted by atomic mass is 10.0. The molecule has 0 heterocycles. The second kappa shape index (κ2) is 7.34. The standard InChI is InChI=1S/C12H25NO3S/c1-11(10-16-2)13-8-9-17(14,15)12-6-4-3-5-7-12/h11-13H,3-10H2,1-2H3. The molecule has 1 aliphatic carbocycles. The van der Waals surface area contributed by atoms with Crippen LogP contribution in [0.1, 0.15) is 39.0 Å². The second-order valence-corrected chi connectivity index (χ2v) is 7.34. The molecule has 0 saturated heterocycles. The molecule has 0 bridgehead atoms. The molecule has 0 spiro atoms. The minimum Gasteiger partial charge on any atom is -0.383 e. The van der Waals surface area contributed by atoms with Crippen molar-refractivity contribution in [3.8, 4) is 0 Å². The Kier molecular flexibility index (Phi) is 6.44. The van der Waals surface area contributed by atoms with Crippen molar-refractivity contribution in [2.24, 2.45) is 0 Å². The first-order chi connectivity index (χ1) is 8.06. The lowest BCUT2D eigenvalue weighted by molar-refractivity contribution is 0.173. The Labute approximate surface area is 105 Å². The van der Waals surface area contributed by atoms with E-state index in [1.165, 1.54) is 6.42 Å². The SMILES string of the molecule is COCC(C)NCCS(=O)(=O)C1CCCCC1. The van der Waals surface area contributed by atoms with Gasteiger partial charge in [0.15, 0.2) is 9.84 Å². The molecule has 1 fully saturated rings. The van der Waals surface area contributed by atoms with E-state index in [1.807, 2.05) is 6.92 Å². The van der Waals surface area contributed by atoms with Crippen molar-refractivity contribution >= 4 is 9.84 Å². The molecule has 1 aliphatic rings. The van der Waals surface area contributed by atoms with Crippen LogP contribution in [-0.2, 0) is 14.6 Å². The fourth-order valence-corrected chi connectivity index (χ4v) is 4.13. The zero-order valence-electron chi connectivity index (χ0n) is 10.9. The van der Waals surface area contributed by atoms with Gasteiger partial charge in [-0.1, -0.05) is 19.3 Å². The highest BCUT2D eigenvalue weighted by Gasteiger charge is 2.26. The number of methoxy groups -OCH3 is 1. The summed E-state index contributed by atoms with van der Waals surface area (Å²) in [6.45, 7) is 3.14. The molecule has 0 aromatic heterocycles. The Hall–Kier alpha value is -0.130. The molecule has 1 N–H and O–H groups in total. The van der Waals surface area contributed by atoms with Crippen molar-refractivity contribution in [1.82, 2.24) is 5.32 Å². The smallest absolute Gasteiger partial charge is 0.154 e. The summed E-state index contributed by atoms with van der Waals surface area (Å²) < 4.78 is 29.1. The third-order valence-electron chi connectivity index (χ3n) is 3.36. The largest absolute Gasteiger partial charge is 0.383 e. The highest BCUT2D eigenvalue weighted by molar-refractivity contribution is 7.92. The predicted octanol–water partition coefficient (Wildman–Crippen LogP) is 1.36. The van der Waals surface area contributed by atoms with E-state index in [4.69, 9.17) is 4.74 Å². The lowest BCUT2D eigenvalue weighted by Crippen LogP contribution is -2.36. The Bertz CT molecular complexity index is 297. The number of nitrogens with one attached hydrogen (secondary N) is 1. The van der Waals surface area contributed by atoms with Gasteiger partial charge in [-0.25, -0.2) is 8.42 Å². The van der Waals surface area contributed by atoms with Crippen LogP contribution in [0.25, 0.3) is 0 Å². The summed E-state index contributed by atoms with van der Waals surface area (Å²) in [7, 11) is -1.25. The molecule has 1 rings (SSSR count). The normalized spacial score (nSPS) is 20.4. The topological polar surface area (TPSA) is 55.4 Å². The van der Waals surface area contributed by atoms with Gasteiger partial charge in [-0.2, -0.15) is 0 Å². The maximum absolute atomic E-state index is 12.1. The Morgan fingerprint density at radius 1 is 1.29 bits per heavy atom. The minimum atomic E-state index is -2.90. The van der Waals surface area contributed by atoms with Crippen molar-refractivity contribution in [2.75, 3.05) is 26.0 Å². The van der Waals surface area contributed by atoms with E-state index >= 15 is 0 Å². The van der Waals surface area contributed by atoms with Gasteiger partial charge in [0.1, 0.15) is 0 Å². The van der Waals surface area contributed by atoms with Crippen molar-refractivity contribution in [3.05, 3.63) is 0 Å². The first-order valence-corrected chi connectivity index (χ1v) is 8.21. The van der Waals surface area contributed by atoms with Crippen LogP contribution in [0.4, 0.5) is 0 Å². The number of rotatable bonds is 7. The van der Waals surface area contributed by atoms with Gasteiger partial charge in [0.05, 0.1) is 17.6 Å². The Morgan fingerprint density at radius 2 is 1.94 bits per heavy atom. The van der Waals surface area contributed by atoms with Gasteiger partial charge < -0.3 is 10.1 Å². The van der Waals surface area contributed by atoms with Crippen molar-refractivity contribution in [2.45, 2.75) is 50.3 Å². The maximum atomic E-state index is 12.1. The fourth-order valence-electron chi connectivity index (χ4n) is 2.35. The van der Waals surface area contributed by atoms with Gasteiger partial charge in [0.2, 0.25) is 0 Å². The molecule has 0 amide bonds. The second-order valence-electron chi connectivity index (χ2n) is 4.94. The van der Waals surface area contributed by atoms with E-state index in [0.717, 1.165) is 25.7 Å². The summed E-state index contributed by atoms with van der Waals surface area (Å²) in [5.41, 5.74) is 0. The van der Waals surface area contributed by atoms with Crippen LogP contribution in [-0.4, -0.2) is 45.7 Å². The van der Waals surface area contributed by atoms with Gasteiger partial charge in [0, 0.05) is 19.7 Å². The summed E-state index contributed by atoms with van der Waals surface area (Å²) in [5, 5.41) is 3.09. The maximum Gasteiger partial charge on any atom is 0.154 e. The molecule has 17 heavy (non-hydrogen) atoms. The molecular weight excluding hydrogens is 238 g/mol. The highest BCUT2D eigenvalue weighted by Crippen LogP contribution is 2.23. The average Bonchev–Trinajstić information content (AvgIpc) is 2.30. The molecular formula is C12H25NO3S. The Balaban J connectivity index is 2.29. The first kappa shape index (κ1) is 14.9. The number of hydrogen-bond acceptors (Lipinski definition) is 4. The van der Waals surface area contributed by atoms with E-state index in [0.29, 0.717) is 13.2 Å². The van der Waals surface area contributed by atoms with Gasteiger partial charge in [-0.3, -0.25) is 0 Å². The first-order valence-electron chi connectivity index (χ1n) is 6.50. The fraction of sp³-hybridized carbons (Fsp3) is 1.00. The van der Waals surface area contributed by atoms with E-state index in [9.17, 15) is 8.42 Å². The van der Waals surface area contributed by atoms with E-state index in [1.54, 1.807) is 7.11 Å². The third-order valence-corrected chi connectivity index (χ3v) is 5.62. The Morgan fingerprint density at radius 3 is 2.53 bits per heavy atom. The highest BCUT2D eigenvalue weighted by atomic mass is 32.2. The van der Waals surface area contributed by atoms with Crippen LogP contribution >= 0.6 is 0 Å². The van der Waals surface area contributed by atoms with Crippen LogP contribution in [0.5, 0.6) is 0 Å².